The van der Waals surface area contributed by atoms with E-state index in [4.69, 9.17) is 4.42 Å². The molecule has 0 N–H and O–H groups in total. The van der Waals surface area contributed by atoms with Crippen LogP contribution in [0.15, 0.2) is 186 Å². The number of allylic oxidation sites excluding steroid dienone is 4. The van der Waals surface area contributed by atoms with Crippen molar-refractivity contribution < 1.29 is 4.42 Å². The molecule has 10 rings (SSSR count). The van der Waals surface area contributed by atoms with Crippen LogP contribution in [-0.2, 0) is 11.8 Å². The molecule has 1 heterocycles. The van der Waals surface area contributed by atoms with Gasteiger partial charge in [0.1, 0.15) is 11.2 Å². The van der Waals surface area contributed by atoms with Gasteiger partial charge >= 0.3 is 0 Å². The first-order valence-corrected chi connectivity index (χ1v) is 20.0. The lowest BCUT2D eigenvalue weighted by Crippen LogP contribution is -2.16. The van der Waals surface area contributed by atoms with Gasteiger partial charge < -0.3 is 4.42 Å². The Balaban J connectivity index is 0.000000122. The largest absolute Gasteiger partial charge is 0.455 e. The third-order valence-electron chi connectivity index (χ3n) is 11.5. The van der Waals surface area contributed by atoms with Gasteiger partial charge in [0.05, 0.1) is 0 Å². The van der Waals surface area contributed by atoms with Crippen molar-refractivity contribution >= 4 is 27.5 Å². The monoisotopic (exact) mass is 726 g/mol. The Hall–Kier alpha value is -6.18. The lowest BCUT2D eigenvalue weighted by molar-refractivity contribution is 0.651. The minimum Gasteiger partial charge on any atom is -0.455 e. The average Bonchev–Trinajstić information content (AvgIpc) is 3.74. The summed E-state index contributed by atoms with van der Waals surface area (Å²) in [6.07, 6.45) is 8.09. The number of benzene rings is 7. The molecule has 0 fully saturated rings. The Labute approximate surface area is 332 Å². The molecule has 0 amide bonds. The molecule has 2 aliphatic rings. The van der Waals surface area contributed by atoms with E-state index in [1.54, 1.807) is 5.57 Å². The Kier molecular flexibility index (Phi) is 10.4. The summed E-state index contributed by atoms with van der Waals surface area (Å²) in [5.41, 5.74) is 19.7. The van der Waals surface area contributed by atoms with E-state index >= 15 is 0 Å². The van der Waals surface area contributed by atoms with Crippen molar-refractivity contribution in [1.29, 1.82) is 0 Å². The van der Waals surface area contributed by atoms with Crippen molar-refractivity contribution in [3.8, 4) is 33.4 Å². The molecule has 0 aliphatic heterocycles. The number of fused-ring (bicyclic) bond motifs is 5. The van der Waals surface area contributed by atoms with Crippen LogP contribution in [-0.4, -0.2) is 0 Å². The van der Waals surface area contributed by atoms with E-state index in [2.05, 4.69) is 192 Å². The minimum absolute atomic E-state index is 0.146. The molecule has 1 nitrogen and oxygen atoms in total. The molecule has 2 aliphatic carbocycles. The Morgan fingerprint density at radius 1 is 0.536 bits per heavy atom. The summed E-state index contributed by atoms with van der Waals surface area (Å²) in [6.45, 7) is 11.1. The summed E-state index contributed by atoms with van der Waals surface area (Å²) in [5, 5.41) is 2.36. The molecular weight excluding hydrogens is 677 g/mol. The highest BCUT2D eigenvalue weighted by atomic mass is 16.3. The summed E-state index contributed by atoms with van der Waals surface area (Å²) in [4.78, 5) is 0. The summed E-state index contributed by atoms with van der Waals surface area (Å²) in [5.74, 6) is 0. The van der Waals surface area contributed by atoms with Crippen molar-refractivity contribution in [1.82, 2.24) is 0 Å². The van der Waals surface area contributed by atoms with Crippen LogP contribution in [0.5, 0.6) is 0 Å². The van der Waals surface area contributed by atoms with Gasteiger partial charge in [0.15, 0.2) is 0 Å². The van der Waals surface area contributed by atoms with Crippen molar-refractivity contribution in [2.45, 2.75) is 59.3 Å². The second-order valence-electron chi connectivity index (χ2n) is 15.6. The highest BCUT2D eigenvalue weighted by molar-refractivity contribution is 6.09. The smallest absolute Gasteiger partial charge is 0.143 e. The third kappa shape index (κ3) is 7.42. The van der Waals surface area contributed by atoms with E-state index in [0.29, 0.717) is 0 Å². The molecule has 8 aromatic rings. The molecule has 0 unspecified atom stereocenters. The van der Waals surface area contributed by atoms with Crippen LogP contribution in [0.4, 0.5) is 0 Å². The van der Waals surface area contributed by atoms with Crippen LogP contribution >= 0.6 is 0 Å². The van der Waals surface area contributed by atoms with Crippen LogP contribution < -0.4 is 0 Å². The molecule has 1 aromatic heterocycles. The predicted molar refractivity (Wildman–Crippen MR) is 240 cm³/mol. The number of rotatable bonds is 4. The van der Waals surface area contributed by atoms with Gasteiger partial charge in [-0.25, -0.2) is 0 Å². The van der Waals surface area contributed by atoms with Crippen LogP contribution in [0.1, 0.15) is 61.4 Å². The number of aryl methyl sites for hydroxylation is 3. The molecule has 56 heavy (non-hydrogen) atoms. The Morgan fingerprint density at radius 2 is 1.12 bits per heavy atom. The van der Waals surface area contributed by atoms with Crippen molar-refractivity contribution in [2.24, 2.45) is 0 Å². The summed E-state index contributed by atoms with van der Waals surface area (Å²) in [7, 11) is 0. The normalized spacial score (nSPS) is 13.7. The third-order valence-corrected chi connectivity index (χ3v) is 11.5. The van der Waals surface area contributed by atoms with Gasteiger partial charge in [0.25, 0.3) is 0 Å². The number of hydrogen-bond donors (Lipinski definition) is 0. The van der Waals surface area contributed by atoms with E-state index < -0.39 is 0 Å². The molecule has 0 atom stereocenters. The zero-order valence-corrected chi connectivity index (χ0v) is 33.3. The molecule has 276 valence electrons. The quantitative estimate of drug-likeness (QED) is 0.176. The topological polar surface area (TPSA) is 13.1 Å². The fourth-order valence-electron chi connectivity index (χ4n) is 8.21. The Bertz CT molecular complexity index is 2670. The summed E-state index contributed by atoms with van der Waals surface area (Å²) >= 11 is 0. The van der Waals surface area contributed by atoms with Crippen molar-refractivity contribution in [3.05, 3.63) is 209 Å². The maximum atomic E-state index is 6.09. The standard InChI is InChI=1S/C22H22.C20H16O.C13H12/c1-15-8-10-16(11-9-15)17-12-13-21-19(14-17)18-6-4-5-7-20(18)22(21,2)3;1-2-14-10-12-15(13-11-14)16-7-5-8-18-17-6-3-4-9-19(17)21-20(16)18;1-11-7-9-13(10-8-11)12-5-3-2-4-6-12/h5,7-14H,4,6H2,1-3H3;3-13H,2H2,1H3;2-10H,1H3. The summed E-state index contributed by atoms with van der Waals surface area (Å²) in [6, 6.07) is 58.2. The fraction of sp³-hybridized carbons (Fsp3) is 0.164. The predicted octanol–water partition coefficient (Wildman–Crippen LogP) is 15.5. The van der Waals surface area contributed by atoms with E-state index in [1.165, 1.54) is 84.8 Å². The average molecular weight is 727 g/mol. The highest BCUT2D eigenvalue weighted by Gasteiger charge is 2.37. The maximum Gasteiger partial charge on any atom is 0.143 e. The first-order valence-electron chi connectivity index (χ1n) is 20.0. The van der Waals surface area contributed by atoms with Gasteiger partial charge in [-0.15, -0.1) is 0 Å². The lowest BCUT2D eigenvalue weighted by Gasteiger charge is -2.24. The second-order valence-corrected chi connectivity index (χ2v) is 15.6. The first-order chi connectivity index (χ1) is 27.3. The highest BCUT2D eigenvalue weighted by Crippen LogP contribution is 2.50. The molecule has 7 aromatic carbocycles. The second kappa shape index (κ2) is 15.9. The molecular formula is C55H50O. The molecule has 0 spiro atoms. The van der Waals surface area contributed by atoms with Crippen LogP contribution in [0.3, 0.4) is 0 Å². The van der Waals surface area contributed by atoms with Gasteiger partial charge in [0, 0.05) is 21.8 Å². The zero-order chi connectivity index (χ0) is 38.6. The zero-order valence-electron chi connectivity index (χ0n) is 33.3. The fourth-order valence-corrected chi connectivity index (χ4v) is 8.21. The number of para-hydroxylation sites is 2. The lowest BCUT2D eigenvalue weighted by atomic mass is 9.80. The number of hydrogen-bond acceptors (Lipinski definition) is 1. The minimum atomic E-state index is 0.146. The summed E-state index contributed by atoms with van der Waals surface area (Å²) < 4.78 is 6.09. The first kappa shape index (κ1) is 36.8. The number of furan rings is 1. The van der Waals surface area contributed by atoms with Gasteiger partial charge in [-0.1, -0.05) is 196 Å². The molecule has 0 saturated carbocycles. The van der Waals surface area contributed by atoms with Crippen molar-refractivity contribution in [3.63, 3.8) is 0 Å². The van der Waals surface area contributed by atoms with Crippen LogP contribution in [0.2, 0.25) is 0 Å². The van der Waals surface area contributed by atoms with E-state index in [1.807, 2.05) is 18.2 Å². The molecule has 0 radical (unpaired) electrons. The van der Waals surface area contributed by atoms with Gasteiger partial charge in [-0.3, -0.25) is 0 Å². The van der Waals surface area contributed by atoms with Crippen molar-refractivity contribution in [2.75, 3.05) is 0 Å². The Morgan fingerprint density at radius 3 is 1.82 bits per heavy atom. The van der Waals surface area contributed by atoms with E-state index in [-0.39, 0.29) is 5.41 Å². The molecule has 0 bridgehead atoms. The van der Waals surface area contributed by atoms with Gasteiger partial charge in [0.2, 0.25) is 0 Å². The SMILES string of the molecule is CCc1ccc(-c2cccc3c2oc2ccccc23)cc1.Cc1ccc(-c2ccc3c(c2)C2=C(C=CCC2)C3(C)C)cc1.Cc1ccc(-c2ccccc2)cc1. The van der Waals surface area contributed by atoms with Gasteiger partial charge in [-0.2, -0.15) is 0 Å². The van der Waals surface area contributed by atoms with E-state index in [0.717, 1.165) is 23.2 Å². The van der Waals surface area contributed by atoms with Gasteiger partial charge in [-0.05, 0) is 101 Å². The van der Waals surface area contributed by atoms with Crippen LogP contribution in [0.25, 0.3) is 60.9 Å². The maximum absolute atomic E-state index is 6.09. The van der Waals surface area contributed by atoms with Crippen LogP contribution in [0, 0.1) is 13.8 Å². The molecule has 1 heteroatoms. The molecule has 0 saturated heterocycles. The van der Waals surface area contributed by atoms with E-state index in [9.17, 15) is 0 Å².